The Labute approximate surface area is 100 Å². The van der Waals surface area contributed by atoms with Crippen molar-refractivity contribution in [3.05, 3.63) is 48.0 Å². The molecule has 0 radical (unpaired) electrons. The molecule has 3 N–H and O–H groups in total. The first-order valence-electron chi connectivity index (χ1n) is 4.98. The van der Waals surface area contributed by atoms with Crippen molar-refractivity contribution >= 4 is 16.9 Å². The van der Waals surface area contributed by atoms with E-state index in [9.17, 15) is 0 Å². The highest BCUT2D eigenvalue weighted by molar-refractivity contribution is 8.13. The van der Waals surface area contributed by atoms with E-state index in [4.69, 9.17) is 10.8 Å². The molecule has 86 valence electrons. The number of aliphatic imine (C=N–C) groups is 1. The van der Waals surface area contributed by atoms with Crippen molar-refractivity contribution in [3.63, 3.8) is 0 Å². The first-order chi connectivity index (χ1) is 7.76. The Balaban J connectivity index is 2.45. The third-order valence-corrected chi connectivity index (χ3v) is 2.87. The van der Waals surface area contributed by atoms with Gasteiger partial charge in [0.2, 0.25) is 0 Å². The van der Waals surface area contributed by atoms with Gasteiger partial charge in [-0.2, -0.15) is 0 Å². The van der Waals surface area contributed by atoms with E-state index < -0.39 is 0 Å². The van der Waals surface area contributed by atoms with Crippen LogP contribution in [0, 0.1) is 0 Å². The Morgan fingerprint density at radius 3 is 2.56 bits per heavy atom. The number of nitrogens with two attached hydrogens (primary N) is 1. The zero-order valence-electron chi connectivity index (χ0n) is 9.10. The number of rotatable bonds is 5. The van der Waals surface area contributed by atoms with Crippen LogP contribution in [0.1, 0.15) is 11.1 Å². The molecule has 0 spiro atoms. The number of aliphatic hydroxyl groups excluding tert-OH is 1. The first-order valence-corrected chi connectivity index (χ1v) is 5.97. The van der Waals surface area contributed by atoms with Crippen LogP contribution in [-0.2, 0) is 12.4 Å². The van der Waals surface area contributed by atoms with Crippen LogP contribution < -0.4 is 5.73 Å². The molecule has 0 unspecified atom stereocenters. The summed E-state index contributed by atoms with van der Waals surface area (Å²) in [6.07, 6.45) is 1.71. The molecule has 0 aromatic heterocycles. The average molecular weight is 236 g/mol. The Bertz CT molecular complexity index is 360. The summed E-state index contributed by atoms with van der Waals surface area (Å²) in [4.78, 5) is 4.09. The molecule has 0 amide bonds. The molecule has 0 fully saturated rings. The van der Waals surface area contributed by atoms with Gasteiger partial charge in [0, 0.05) is 5.75 Å². The molecular weight excluding hydrogens is 220 g/mol. The maximum Gasteiger partial charge on any atom is 0.154 e. The molecule has 4 heteroatoms. The lowest BCUT2D eigenvalue weighted by Crippen LogP contribution is -2.07. The summed E-state index contributed by atoms with van der Waals surface area (Å²) in [5, 5.41) is 9.47. The molecule has 1 aromatic rings. The molecule has 0 saturated carbocycles. The van der Waals surface area contributed by atoms with Crippen molar-refractivity contribution in [2.45, 2.75) is 12.4 Å². The van der Waals surface area contributed by atoms with E-state index in [1.807, 2.05) is 24.3 Å². The van der Waals surface area contributed by atoms with E-state index in [2.05, 4.69) is 11.6 Å². The highest BCUT2D eigenvalue weighted by Gasteiger charge is 1.97. The third kappa shape index (κ3) is 4.51. The van der Waals surface area contributed by atoms with Gasteiger partial charge in [0.15, 0.2) is 5.17 Å². The number of hydrogen-bond acceptors (Lipinski definition) is 3. The predicted molar refractivity (Wildman–Crippen MR) is 70.3 cm³/mol. The molecule has 0 aliphatic heterocycles. The largest absolute Gasteiger partial charge is 0.392 e. The highest BCUT2D eigenvalue weighted by Crippen LogP contribution is 2.13. The summed E-state index contributed by atoms with van der Waals surface area (Å²) in [6.45, 7) is 4.21. The summed E-state index contributed by atoms with van der Waals surface area (Å²) >= 11 is 1.50. The van der Waals surface area contributed by atoms with Crippen molar-refractivity contribution < 1.29 is 5.11 Å². The second-order valence-electron chi connectivity index (χ2n) is 3.23. The standard InChI is InChI=1S/C12H16N2OS/c1-2-7-14-12(13)16-9-11-5-3-10(8-15)4-6-11/h2-6,15H,1,7-9H2,(H2,13,14). The number of aliphatic hydroxyl groups is 1. The van der Waals surface area contributed by atoms with Crippen LogP contribution in [0.5, 0.6) is 0 Å². The fourth-order valence-electron chi connectivity index (χ4n) is 1.10. The molecule has 0 aliphatic rings. The number of hydrogen-bond donors (Lipinski definition) is 2. The minimum Gasteiger partial charge on any atom is -0.392 e. The molecule has 1 aromatic carbocycles. The molecule has 3 nitrogen and oxygen atoms in total. The fourth-order valence-corrected chi connectivity index (χ4v) is 1.77. The second-order valence-corrected chi connectivity index (χ2v) is 4.23. The molecule has 0 heterocycles. The van der Waals surface area contributed by atoms with Gasteiger partial charge in [0.25, 0.3) is 0 Å². The first kappa shape index (κ1) is 12.8. The quantitative estimate of drug-likeness (QED) is 0.466. The zero-order chi connectivity index (χ0) is 11.8. The minimum atomic E-state index is 0.0797. The minimum absolute atomic E-state index is 0.0797. The lowest BCUT2D eigenvalue weighted by molar-refractivity contribution is 0.282. The van der Waals surface area contributed by atoms with Crippen LogP contribution in [0.25, 0.3) is 0 Å². The summed E-state index contributed by atoms with van der Waals surface area (Å²) in [5.41, 5.74) is 7.77. The predicted octanol–water partition coefficient (Wildman–Crippen LogP) is 1.91. The van der Waals surface area contributed by atoms with Crippen molar-refractivity contribution in [1.82, 2.24) is 0 Å². The molecule has 0 bridgehead atoms. The van der Waals surface area contributed by atoms with Crippen molar-refractivity contribution in [2.24, 2.45) is 10.7 Å². The van der Waals surface area contributed by atoms with Crippen LogP contribution in [0.2, 0.25) is 0 Å². The van der Waals surface area contributed by atoms with Gasteiger partial charge in [0.1, 0.15) is 0 Å². The van der Waals surface area contributed by atoms with Gasteiger partial charge in [-0.3, -0.25) is 4.99 Å². The van der Waals surface area contributed by atoms with Gasteiger partial charge in [-0.1, -0.05) is 42.1 Å². The zero-order valence-corrected chi connectivity index (χ0v) is 9.91. The number of thioether (sulfide) groups is 1. The van der Waals surface area contributed by atoms with E-state index >= 15 is 0 Å². The monoisotopic (exact) mass is 236 g/mol. The molecular formula is C12H16N2OS. The number of benzene rings is 1. The Kier molecular flexibility index (Phi) is 5.67. The topological polar surface area (TPSA) is 58.6 Å². The third-order valence-electron chi connectivity index (χ3n) is 1.97. The molecule has 16 heavy (non-hydrogen) atoms. The molecule has 0 aliphatic carbocycles. The lowest BCUT2D eigenvalue weighted by atomic mass is 10.2. The summed E-state index contributed by atoms with van der Waals surface area (Å²) in [6, 6.07) is 7.79. The van der Waals surface area contributed by atoms with Crippen LogP contribution in [0.15, 0.2) is 41.9 Å². The van der Waals surface area contributed by atoms with Crippen LogP contribution >= 0.6 is 11.8 Å². The fraction of sp³-hybridized carbons (Fsp3) is 0.250. The van der Waals surface area contributed by atoms with E-state index in [0.717, 1.165) is 11.3 Å². The number of amidine groups is 1. The SMILES string of the molecule is C=CCN=C(N)SCc1ccc(CO)cc1. The summed E-state index contributed by atoms with van der Waals surface area (Å²) < 4.78 is 0. The second kappa shape index (κ2) is 7.09. The summed E-state index contributed by atoms with van der Waals surface area (Å²) in [7, 11) is 0. The smallest absolute Gasteiger partial charge is 0.154 e. The van der Waals surface area contributed by atoms with Gasteiger partial charge in [0.05, 0.1) is 13.2 Å². The van der Waals surface area contributed by atoms with E-state index in [0.29, 0.717) is 11.7 Å². The number of nitrogens with zero attached hydrogens (tertiary/aromatic N) is 1. The van der Waals surface area contributed by atoms with Crippen LogP contribution in [0.4, 0.5) is 0 Å². The average Bonchev–Trinajstić information content (AvgIpc) is 2.34. The maximum atomic E-state index is 8.89. The van der Waals surface area contributed by atoms with Crippen molar-refractivity contribution in [1.29, 1.82) is 0 Å². The Morgan fingerprint density at radius 2 is 2.00 bits per heavy atom. The van der Waals surface area contributed by atoms with Gasteiger partial charge in [-0.05, 0) is 11.1 Å². The lowest BCUT2D eigenvalue weighted by Gasteiger charge is -2.02. The maximum absolute atomic E-state index is 8.89. The van der Waals surface area contributed by atoms with E-state index in [1.165, 1.54) is 17.3 Å². The van der Waals surface area contributed by atoms with E-state index in [-0.39, 0.29) is 6.61 Å². The van der Waals surface area contributed by atoms with Crippen LogP contribution in [-0.4, -0.2) is 16.8 Å². The van der Waals surface area contributed by atoms with Crippen molar-refractivity contribution in [2.75, 3.05) is 6.54 Å². The molecule has 0 atom stereocenters. The molecule has 0 saturated heterocycles. The Morgan fingerprint density at radius 1 is 1.38 bits per heavy atom. The van der Waals surface area contributed by atoms with Gasteiger partial charge in [-0.25, -0.2) is 0 Å². The highest BCUT2D eigenvalue weighted by atomic mass is 32.2. The summed E-state index contributed by atoms with van der Waals surface area (Å²) in [5.74, 6) is 0.790. The Hall–Kier alpha value is -1.26. The normalized spacial score (nSPS) is 11.4. The van der Waals surface area contributed by atoms with Crippen LogP contribution in [0.3, 0.4) is 0 Å². The van der Waals surface area contributed by atoms with Gasteiger partial charge in [-0.15, -0.1) is 6.58 Å². The van der Waals surface area contributed by atoms with Gasteiger partial charge < -0.3 is 10.8 Å². The van der Waals surface area contributed by atoms with Crippen molar-refractivity contribution in [3.8, 4) is 0 Å². The molecule has 1 rings (SSSR count). The van der Waals surface area contributed by atoms with E-state index in [1.54, 1.807) is 6.08 Å². The van der Waals surface area contributed by atoms with Gasteiger partial charge >= 0.3 is 0 Å².